The average Bonchev–Trinajstić information content (AvgIpc) is 2.91. The van der Waals surface area contributed by atoms with Crippen LogP contribution in [0.5, 0.6) is 0 Å². The van der Waals surface area contributed by atoms with E-state index >= 15 is 0 Å². The van der Waals surface area contributed by atoms with Crippen molar-refractivity contribution in [3.8, 4) is 0 Å². The largest absolute Gasteiger partial charge is 0.334 e. The van der Waals surface area contributed by atoms with Crippen LogP contribution in [0.2, 0.25) is 0 Å². The lowest BCUT2D eigenvalue weighted by Gasteiger charge is -2.34. The highest BCUT2D eigenvalue weighted by molar-refractivity contribution is 5.16. The summed E-state index contributed by atoms with van der Waals surface area (Å²) in [4.78, 5) is 9.49. The molecule has 1 aromatic carbocycles. The van der Waals surface area contributed by atoms with Crippen molar-refractivity contribution in [2.75, 3.05) is 26.2 Å². The Morgan fingerprint density at radius 1 is 1.15 bits per heavy atom. The van der Waals surface area contributed by atoms with Gasteiger partial charge in [-0.15, -0.1) is 0 Å². The second-order valence-electron chi connectivity index (χ2n) is 7.73. The molecule has 4 nitrogen and oxygen atoms in total. The van der Waals surface area contributed by atoms with Crippen molar-refractivity contribution in [2.45, 2.75) is 46.3 Å². The van der Waals surface area contributed by atoms with E-state index in [1.54, 1.807) is 12.1 Å². The van der Waals surface area contributed by atoms with Gasteiger partial charge in [-0.05, 0) is 43.5 Å². The maximum absolute atomic E-state index is 13.2. The summed E-state index contributed by atoms with van der Waals surface area (Å²) in [5.41, 5.74) is 1.19. The number of nitrogens with zero attached hydrogens (tertiary/aromatic N) is 4. The van der Waals surface area contributed by atoms with E-state index < -0.39 is 0 Å². The van der Waals surface area contributed by atoms with Gasteiger partial charge in [0.15, 0.2) is 0 Å². The molecule has 142 valence electrons. The number of benzene rings is 1. The summed E-state index contributed by atoms with van der Waals surface area (Å²) in [6.07, 6.45) is 5.11. The molecule has 1 aliphatic rings. The highest BCUT2D eigenvalue weighted by atomic mass is 19.1. The van der Waals surface area contributed by atoms with Crippen LogP contribution in [0.3, 0.4) is 0 Å². The second-order valence-corrected chi connectivity index (χ2v) is 7.73. The zero-order chi connectivity index (χ0) is 18.5. The third-order valence-corrected chi connectivity index (χ3v) is 5.48. The van der Waals surface area contributed by atoms with Gasteiger partial charge in [0.05, 0.1) is 0 Å². The maximum atomic E-state index is 13.2. The predicted octanol–water partition coefficient (Wildman–Crippen LogP) is 3.56. The molecule has 0 radical (unpaired) electrons. The first-order chi connectivity index (χ1) is 12.5. The number of imidazole rings is 1. The van der Waals surface area contributed by atoms with Crippen LogP contribution in [0, 0.1) is 18.7 Å². The van der Waals surface area contributed by atoms with Gasteiger partial charge in [-0.1, -0.05) is 26.0 Å². The summed E-state index contributed by atoms with van der Waals surface area (Å²) < 4.78 is 15.4. The molecular weight excluding hydrogens is 327 g/mol. The second kappa shape index (κ2) is 8.78. The first-order valence-electron chi connectivity index (χ1n) is 9.71. The van der Waals surface area contributed by atoms with E-state index in [1.807, 2.05) is 18.3 Å². The molecule has 0 spiro atoms. The van der Waals surface area contributed by atoms with Crippen molar-refractivity contribution in [1.29, 1.82) is 0 Å². The van der Waals surface area contributed by atoms with Crippen LogP contribution < -0.4 is 0 Å². The standard InChI is InChI=1S/C21H31FN4/c1-17(2)21-16-24(13-14-25-12-9-23-18(25)3)10-4-11-26(21)15-19-5-7-20(22)8-6-19/h5-9,12,17,21H,4,10-11,13-16H2,1-3H3/t21-/m1/s1. The van der Waals surface area contributed by atoms with Gasteiger partial charge in [0, 0.05) is 51.2 Å². The minimum absolute atomic E-state index is 0.161. The number of hydrogen-bond donors (Lipinski definition) is 0. The van der Waals surface area contributed by atoms with Crippen molar-refractivity contribution in [2.24, 2.45) is 5.92 Å². The minimum atomic E-state index is -0.161. The van der Waals surface area contributed by atoms with Crippen LogP contribution >= 0.6 is 0 Å². The molecule has 3 rings (SSSR count). The molecular formula is C21H31FN4. The number of aryl methyl sites for hydroxylation is 1. The summed E-state index contributed by atoms with van der Waals surface area (Å²) in [5.74, 6) is 1.51. The molecule has 1 aromatic heterocycles. The SMILES string of the molecule is Cc1nccn1CCN1CCCN(Cc2ccc(F)cc2)[C@@H](C(C)C)C1. The van der Waals surface area contributed by atoms with E-state index in [1.165, 1.54) is 12.0 Å². The number of hydrogen-bond acceptors (Lipinski definition) is 3. The number of aromatic nitrogens is 2. The molecule has 26 heavy (non-hydrogen) atoms. The van der Waals surface area contributed by atoms with Gasteiger partial charge in [0.25, 0.3) is 0 Å². The van der Waals surface area contributed by atoms with Crippen LogP contribution in [0.25, 0.3) is 0 Å². The van der Waals surface area contributed by atoms with Gasteiger partial charge in [-0.3, -0.25) is 9.80 Å². The first-order valence-corrected chi connectivity index (χ1v) is 9.71. The van der Waals surface area contributed by atoms with Crippen LogP contribution in [-0.2, 0) is 13.1 Å². The summed E-state index contributed by atoms with van der Waals surface area (Å²) in [6.45, 7) is 13.0. The predicted molar refractivity (Wildman–Crippen MR) is 103 cm³/mol. The smallest absolute Gasteiger partial charge is 0.123 e. The maximum Gasteiger partial charge on any atom is 0.123 e. The van der Waals surface area contributed by atoms with Gasteiger partial charge >= 0.3 is 0 Å². The Kier molecular flexibility index (Phi) is 6.43. The van der Waals surface area contributed by atoms with Crippen LogP contribution in [0.1, 0.15) is 31.7 Å². The highest BCUT2D eigenvalue weighted by Gasteiger charge is 2.27. The van der Waals surface area contributed by atoms with E-state index in [0.29, 0.717) is 12.0 Å². The van der Waals surface area contributed by atoms with Crippen LogP contribution in [-0.4, -0.2) is 51.6 Å². The molecule has 1 atom stereocenters. The Balaban J connectivity index is 1.63. The molecule has 0 unspecified atom stereocenters. The van der Waals surface area contributed by atoms with Crippen molar-refractivity contribution in [1.82, 2.24) is 19.4 Å². The zero-order valence-corrected chi connectivity index (χ0v) is 16.2. The van der Waals surface area contributed by atoms with Gasteiger partial charge in [-0.2, -0.15) is 0 Å². The van der Waals surface area contributed by atoms with Gasteiger partial charge < -0.3 is 4.57 Å². The van der Waals surface area contributed by atoms with Crippen molar-refractivity contribution in [3.63, 3.8) is 0 Å². The third kappa shape index (κ3) is 4.92. The van der Waals surface area contributed by atoms with Crippen LogP contribution in [0.4, 0.5) is 4.39 Å². The van der Waals surface area contributed by atoms with Crippen LogP contribution in [0.15, 0.2) is 36.7 Å². The average molecular weight is 359 g/mol. The zero-order valence-electron chi connectivity index (χ0n) is 16.2. The Morgan fingerprint density at radius 3 is 2.58 bits per heavy atom. The molecule has 0 aliphatic carbocycles. The van der Waals surface area contributed by atoms with Gasteiger partial charge in [0.2, 0.25) is 0 Å². The van der Waals surface area contributed by atoms with Crippen molar-refractivity contribution < 1.29 is 4.39 Å². The van der Waals surface area contributed by atoms with Gasteiger partial charge in [0.1, 0.15) is 11.6 Å². The summed E-state index contributed by atoms with van der Waals surface area (Å²) in [7, 11) is 0. The first kappa shape index (κ1) is 19.1. The molecule has 0 bridgehead atoms. The molecule has 2 aromatic rings. The molecule has 2 heterocycles. The Labute approximate surface area is 156 Å². The lowest BCUT2D eigenvalue weighted by atomic mass is 10.0. The normalized spacial score (nSPS) is 19.8. The van der Waals surface area contributed by atoms with E-state index in [4.69, 9.17) is 0 Å². The monoisotopic (exact) mass is 358 g/mol. The summed E-state index contributed by atoms with van der Waals surface area (Å²) in [5, 5.41) is 0. The van der Waals surface area contributed by atoms with E-state index in [-0.39, 0.29) is 5.82 Å². The quantitative estimate of drug-likeness (QED) is 0.789. The highest BCUT2D eigenvalue weighted by Crippen LogP contribution is 2.20. The molecule has 5 heteroatoms. The lowest BCUT2D eigenvalue weighted by Crippen LogP contribution is -2.44. The van der Waals surface area contributed by atoms with Crippen molar-refractivity contribution >= 4 is 0 Å². The lowest BCUT2D eigenvalue weighted by molar-refractivity contribution is 0.131. The van der Waals surface area contributed by atoms with E-state index in [9.17, 15) is 4.39 Å². The molecule has 1 fully saturated rings. The van der Waals surface area contributed by atoms with Gasteiger partial charge in [-0.25, -0.2) is 9.37 Å². The Bertz CT molecular complexity index is 680. The molecule has 0 amide bonds. The fraction of sp³-hybridized carbons (Fsp3) is 0.571. The van der Waals surface area contributed by atoms with E-state index in [2.05, 4.69) is 46.3 Å². The Hall–Kier alpha value is -1.72. The minimum Gasteiger partial charge on any atom is -0.334 e. The molecule has 1 aliphatic heterocycles. The third-order valence-electron chi connectivity index (χ3n) is 5.48. The fourth-order valence-electron chi connectivity index (χ4n) is 3.88. The molecule has 0 saturated carbocycles. The van der Waals surface area contributed by atoms with E-state index in [0.717, 1.165) is 45.1 Å². The van der Waals surface area contributed by atoms with Crippen molar-refractivity contribution in [3.05, 3.63) is 53.9 Å². The molecule has 1 saturated heterocycles. The fourth-order valence-corrected chi connectivity index (χ4v) is 3.88. The Morgan fingerprint density at radius 2 is 1.92 bits per heavy atom. The summed E-state index contributed by atoms with van der Waals surface area (Å²) in [6, 6.07) is 7.48. The number of halogens is 1. The molecule has 0 N–H and O–H groups in total. The number of rotatable bonds is 6. The topological polar surface area (TPSA) is 24.3 Å². The summed E-state index contributed by atoms with van der Waals surface area (Å²) >= 11 is 0.